The van der Waals surface area contributed by atoms with Crippen molar-refractivity contribution < 1.29 is 14.6 Å². The first-order valence-electron chi connectivity index (χ1n) is 7.52. The quantitative estimate of drug-likeness (QED) is 0.768. The van der Waals surface area contributed by atoms with Crippen LogP contribution in [0.3, 0.4) is 0 Å². The summed E-state index contributed by atoms with van der Waals surface area (Å²) in [4.78, 5) is 0.636. The highest BCUT2D eigenvalue weighted by molar-refractivity contribution is 7.97. The highest BCUT2D eigenvalue weighted by Gasteiger charge is 2.23. The fraction of sp³-hybridized carbons (Fsp3) is 0.294. The van der Waals surface area contributed by atoms with Gasteiger partial charge in [-0.25, -0.2) is 4.31 Å². The number of phenols is 1. The SMILES string of the molecule is Oc1c(Cl)cc(Cl)cc1SN1CCOC(COc2ccccc2)C1. The van der Waals surface area contributed by atoms with Gasteiger partial charge in [0.2, 0.25) is 0 Å². The third-order valence-corrected chi connectivity index (χ3v) is 5.11. The number of hydrogen-bond acceptors (Lipinski definition) is 5. The van der Waals surface area contributed by atoms with E-state index in [1.165, 1.54) is 18.0 Å². The predicted octanol–water partition coefficient (Wildman–Crippen LogP) is 4.49. The number of benzene rings is 2. The molecule has 0 bridgehead atoms. The lowest BCUT2D eigenvalue weighted by atomic mass is 10.3. The highest BCUT2D eigenvalue weighted by atomic mass is 35.5. The van der Waals surface area contributed by atoms with E-state index < -0.39 is 0 Å². The number of aromatic hydroxyl groups is 1. The third kappa shape index (κ3) is 4.71. The van der Waals surface area contributed by atoms with E-state index in [2.05, 4.69) is 4.31 Å². The Balaban J connectivity index is 1.58. The Morgan fingerprint density at radius 3 is 2.83 bits per heavy atom. The van der Waals surface area contributed by atoms with Gasteiger partial charge < -0.3 is 14.6 Å². The van der Waals surface area contributed by atoms with Crippen molar-refractivity contribution in [3.8, 4) is 11.5 Å². The number of nitrogens with zero attached hydrogens (tertiary/aromatic N) is 1. The van der Waals surface area contributed by atoms with Gasteiger partial charge >= 0.3 is 0 Å². The lowest BCUT2D eigenvalue weighted by Gasteiger charge is -2.31. The fourth-order valence-electron chi connectivity index (χ4n) is 2.33. The second-order valence-corrected chi connectivity index (χ2v) is 7.31. The molecule has 1 heterocycles. The number of phenolic OH excluding ortho intramolecular Hbond substituents is 1. The van der Waals surface area contributed by atoms with Gasteiger partial charge in [0.15, 0.2) is 0 Å². The molecule has 3 rings (SSSR count). The highest BCUT2D eigenvalue weighted by Crippen LogP contribution is 2.39. The average Bonchev–Trinajstić information content (AvgIpc) is 2.59. The van der Waals surface area contributed by atoms with Gasteiger partial charge in [-0.3, -0.25) is 0 Å². The lowest BCUT2D eigenvalue weighted by molar-refractivity contribution is -0.0224. The van der Waals surface area contributed by atoms with Crippen LogP contribution in [0.5, 0.6) is 11.5 Å². The van der Waals surface area contributed by atoms with E-state index in [1.54, 1.807) is 6.07 Å². The van der Waals surface area contributed by atoms with Crippen LogP contribution >= 0.6 is 35.1 Å². The average molecular weight is 386 g/mol. The Kier molecular flexibility index (Phi) is 6.14. The molecular weight excluding hydrogens is 369 g/mol. The molecule has 1 fully saturated rings. The number of morpholine rings is 1. The maximum absolute atomic E-state index is 10.1. The normalized spacial score (nSPS) is 18.5. The molecule has 1 aliphatic heterocycles. The number of para-hydroxylation sites is 1. The maximum Gasteiger partial charge on any atom is 0.149 e. The molecule has 0 spiro atoms. The summed E-state index contributed by atoms with van der Waals surface area (Å²) >= 11 is 13.4. The topological polar surface area (TPSA) is 41.9 Å². The number of hydrogen-bond donors (Lipinski definition) is 1. The largest absolute Gasteiger partial charge is 0.505 e. The Bertz CT molecular complexity index is 687. The van der Waals surface area contributed by atoms with E-state index >= 15 is 0 Å². The summed E-state index contributed by atoms with van der Waals surface area (Å²) in [6.07, 6.45) is -0.0387. The van der Waals surface area contributed by atoms with Crippen LogP contribution < -0.4 is 4.74 Å². The molecule has 0 aromatic heterocycles. The molecule has 0 amide bonds. The van der Waals surface area contributed by atoms with Gasteiger partial charge in [-0.1, -0.05) is 41.4 Å². The van der Waals surface area contributed by atoms with E-state index in [1.807, 2.05) is 30.3 Å². The van der Waals surface area contributed by atoms with Gasteiger partial charge in [-0.2, -0.15) is 0 Å². The van der Waals surface area contributed by atoms with E-state index in [9.17, 15) is 5.11 Å². The molecular formula is C17H17Cl2NO3S. The van der Waals surface area contributed by atoms with Crippen LogP contribution in [0.1, 0.15) is 0 Å². The summed E-state index contributed by atoms with van der Waals surface area (Å²) in [6.45, 7) is 2.51. The summed E-state index contributed by atoms with van der Waals surface area (Å²) in [5.74, 6) is 0.875. The van der Waals surface area contributed by atoms with Gasteiger partial charge in [0, 0.05) is 18.1 Å². The standard InChI is InChI=1S/C17H17Cl2NO3S/c18-12-8-15(19)17(21)16(9-12)24-20-6-7-22-14(10-20)11-23-13-4-2-1-3-5-13/h1-5,8-9,14,21H,6-7,10-11H2. The zero-order chi connectivity index (χ0) is 16.9. The minimum atomic E-state index is -0.0387. The molecule has 1 saturated heterocycles. The molecule has 1 unspecified atom stereocenters. The molecule has 128 valence electrons. The molecule has 0 aliphatic carbocycles. The van der Waals surface area contributed by atoms with Gasteiger partial charge in [0.1, 0.15) is 24.2 Å². The predicted molar refractivity (Wildman–Crippen MR) is 97.2 cm³/mol. The minimum absolute atomic E-state index is 0.0387. The molecule has 2 aromatic carbocycles. The van der Waals surface area contributed by atoms with E-state index in [0.29, 0.717) is 29.7 Å². The Hall–Kier alpha value is -1.11. The minimum Gasteiger partial charge on any atom is -0.505 e. The Morgan fingerprint density at radius 2 is 2.04 bits per heavy atom. The van der Waals surface area contributed by atoms with Crippen LogP contribution in [0.2, 0.25) is 10.0 Å². The molecule has 1 N–H and O–H groups in total. The Labute approximate surface area is 155 Å². The molecule has 1 atom stereocenters. The molecule has 1 aliphatic rings. The summed E-state index contributed by atoms with van der Waals surface area (Å²) < 4.78 is 13.6. The zero-order valence-electron chi connectivity index (χ0n) is 12.8. The van der Waals surface area contributed by atoms with Gasteiger partial charge in [0.05, 0.1) is 16.5 Å². The smallest absolute Gasteiger partial charge is 0.149 e. The van der Waals surface area contributed by atoms with Crippen LogP contribution in [0.25, 0.3) is 0 Å². The molecule has 24 heavy (non-hydrogen) atoms. The van der Waals surface area contributed by atoms with Crippen LogP contribution in [0.4, 0.5) is 0 Å². The summed E-state index contributed by atoms with van der Waals surface area (Å²) in [6, 6.07) is 12.9. The van der Waals surface area contributed by atoms with Crippen molar-refractivity contribution in [1.29, 1.82) is 0 Å². The lowest BCUT2D eigenvalue weighted by Crippen LogP contribution is -2.41. The maximum atomic E-state index is 10.1. The fourth-order valence-corrected chi connectivity index (χ4v) is 4.01. The molecule has 7 heteroatoms. The van der Waals surface area contributed by atoms with E-state index in [-0.39, 0.29) is 16.9 Å². The number of rotatable bonds is 5. The van der Waals surface area contributed by atoms with Crippen molar-refractivity contribution in [2.45, 2.75) is 11.0 Å². The second-order valence-electron chi connectivity index (χ2n) is 5.33. The van der Waals surface area contributed by atoms with Crippen LogP contribution in [0, 0.1) is 0 Å². The molecule has 0 saturated carbocycles. The summed E-state index contributed by atoms with van der Waals surface area (Å²) in [7, 11) is 0. The molecule has 2 aromatic rings. The van der Waals surface area contributed by atoms with E-state index in [0.717, 1.165) is 12.3 Å². The van der Waals surface area contributed by atoms with Crippen molar-refractivity contribution in [3.63, 3.8) is 0 Å². The number of ether oxygens (including phenoxy) is 2. The zero-order valence-corrected chi connectivity index (χ0v) is 15.2. The first-order valence-corrected chi connectivity index (χ1v) is 9.05. The van der Waals surface area contributed by atoms with Crippen molar-refractivity contribution in [1.82, 2.24) is 4.31 Å². The molecule has 0 radical (unpaired) electrons. The molecule has 4 nitrogen and oxygen atoms in total. The first-order chi connectivity index (χ1) is 11.6. The van der Waals surface area contributed by atoms with Crippen LogP contribution in [0.15, 0.2) is 47.4 Å². The van der Waals surface area contributed by atoms with Gasteiger partial charge in [-0.05, 0) is 36.2 Å². The van der Waals surface area contributed by atoms with Gasteiger partial charge in [-0.15, -0.1) is 0 Å². The van der Waals surface area contributed by atoms with E-state index in [4.69, 9.17) is 32.7 Å². The third-order valence-electron chi connectivity index (χ3n) is 3.50. The Morgan fingerprint density at radius 1 is 1.25 bits per heavy atom. The van der Waals surface area contributed by atoms with Crippen molar-refractivity contribution in [2.24, 2.45) is 0 Å². The van der Waals surface area contributed by atoms with Crippen molar-refractivity contribution in [2.75, 3.05) is 26.3 Å². The van der Waals surface area contributed by atoms with Crippen molar-refractivity contribution in [3.05, 3.63) is 52.5 Å². The second kappa shape index (κ2) is 8.32. The summed E-state index contributed by atoms with van der Waals surface area (Å²) in [5, 5.41) is 10.8. The van der Waals surface area contributed by atoms with Crippen molar-refractivity contribution >= 4 is 35.1 Å². The monoisotopic (exact) mass is 385 g/mol. The van der Waals surface area contributed by atoms with Gasteiger partial charge in [0.25, 0.3) is 0 Å². The summed E-state index contributed by atoms with van der Waals surface area (Å²) in [5.41, 5.74) is 0. The number of halogens is 2. The van der Waals surface area contributed by atoms with Crippen LogP contribution in [-0.2, 0) is 4.74 Å². The first kappa shape index (κ1) is 17.7. The van der Waals surface area contributed by atoms with Crippen LogP contribution in [-0.4, -0.2) is 41.8 Å².